The Kier molecular flexibility index (Phi) is 6.09. The Bertz CT molecular complexity index is 1160. The minimum Gasteiger partial charge on any atom is -0.477 e. The van der Waals surface area contributed by atoms with Gasteiger partial charge < -0.3 is 30.4 Å². The van der Waals surface area contributed by atoms with Crippen molar-refractivity contribution in [3.8, 4) is 0 Å². The fourth-order valence-corrected chi connectivity index (χ4v) is 3.61. The summed E-state index contributed by atoms with van der Waals surface area (Å²) in [6.45, 7) is 3.61. The minimum absolute atomic E-state index is 0.0509. The van der Waals surface area contributed by atoms with Crippen LogP contribution >= 0.6 is 0 Å². The third-order valence-electron chi connectivity index (χ3n) is 5.06. The Morgan fingerprint density at radius 2 is 2.10 bits per heavy atom. The normalized spacial score (nSPS) is 18.2. The number of halogens is 2. The molecular weight excluding hydrogens is 416 g/mol. The molecule has 31 heavy (non-hydrogen) atoms. The van der Waals surface area contributed by atoms with Gasteiger partial charge in [0.2, 0.25) is 5.43 Å². The van der Waals surface area contributed by atoms with Crippen molar-refractivity contribution in [2.75, 3.05) is 24.6 Å². The number of nitrogens with two attached hydrogens (primary N) is 1. The lowest BCUT2D eigenvalue weighted by molar-refractivity contribution is 0.0694. The molecule has 10 nitrogen and oxygen atoms in total. The number of anilines is 1. The molecule has 12 heteroatoms. The first-order chi connectivity index (χ1) is 14.7. The number of benzene rings is 1. The SMILES string of the molecule is CCO/N=C1\CN(c2c(F)cc3c(=O)c(C(=O)O)cn(CC)c3c2F)CC1/C(N)=N\O. The zero-order chi connectivity index (χ0) is 22.9. The summed E-state index contributed by atoms with van der Waals surface area (Å²) in [5, 5.41) is 24.8. The minimum atomic E-state index is -1.49. The number of pyridine rings is 1. The summed E-state index contributed by atoms with van der Waals surface area (Å²) in [7, 11) is 0. The maximum absolute atomic E-state index is 15.6. The van der Waals surface area contributed by atoms with Gasteiger partial charge in [0.05, 0.1) is 29.1 Å². The zero-order valence-corrected chi connectivity index (χ0v) is 16.8. The van der Waals surface area contributed by atoms with E-state index in [1.165, 1.54) is 9.47 Å². The smallest absolute Gasteiger partial charge is 0.341 e. The molecule has 0 bridgehead atoms. The van der Waals surface area contributed by atoms with Crippen molar-refractivity contribution >= 4 is 34.1 Å². The molecule has 0 saturated carbocycles. The van der Waals surface area contributed by atoms with Gasteiger partial charge in [0.25, 0.3) is 0 Å². The molecule has 0 amide bonds. The van der Waals surface area contributed by atoms with Gasteiger partial charge in [-0.05, 0) is 19.9 Å². The van der Waals surface area contributed by atoms with Crippen molar-refractivity contribution in [3.63, 3.8) is 0 Å². The number of carboxylic acid groups (broad SMARTS) is 1. The van der Waals surface area contributed by atoms with Crippen molar-refractivity contribution < 1.29 is 28.7 Å². The molecule has 166 valence electrons. The maximum Gasteiger partial charge on any atom is 0.341 e. The van der Waals surface area contributed by atoms with Crippen LogP contribution in [0.2, 0.25) is 0 Å². The zero-order valence-electron chi connectivity index (χ0n) is 16.8. The molecule has 2 aromatic rings. The predicted molar refractivity (Wildman–Crippen MR) is 109 cm³/mol. The number of rotatable bonds is 6. The molecule has 4 N–H and O–H groups in total. The molecule has 0 spiro atoms. The van der Waals surface area contributed by atoms with E-state index in [2.05, 4.69) is 10.3 Å². The van der Waals surface area contributed by atoms with Crippen LogP contribution in [-0.4, -0.2) is 52.1 Å². The highest BCUT2D eigenvalue weighted by molar-refractivity contribution is 6.10. The number of amidine groups is 1. The first-order valence-electron chi connectivity index (χ1n) is 9.44. The molecular formula is C19H21F2N5O5. The lowest BCUT2D eigenvalue weighted by Gasteiger charge is -2.21. The number of hydrogen-bond acceptors (Lipinski definition) is 7. The van der Waals surface area contributed by atoms with Crippen LogP contribution in [0.25, 0.3) is 10.9 Å². The summed E-state index contributed by atoms with van der Waals surface area (Å²) >= 11 is 0. The van der Waals surface area contributed by atoms with Crippen molar-refractivity contribution in [1.82, 2.24) is 4.57 Å². The Morgan fingerprint density at radius 3 is 2.68 bits per heavy atom. The molecule has 0 aliphatic carbocycles. The summed E-state index contributed by atoms with van der Waals surface area (Å²) in [5.41, 5.74) is 3.80. The predicted octanol–water partition coefficient (Wildman–Crippen LogP) is 1.57. The second-order valence-electron chi connectivity index (χ2n) is 6.84. The fraction of sp³-hybridized carbons (Fsp3) is 0.368. The molecule has 0 radical (unpaired) electrons. The fourth-order valence-electron chi connectivity index (χ4n) is 3.61. The lowest BCUT2D eigenvalue weighted by Crippen LogP contribution is -2.31. The van der Waals surface area contributed by atoms with Gasteiger partial charge in [-0.2, -0.15) is 0 Å². The van der Waals surface area contributed by atoms with Crippen molar-refractivity contribution in [2.24, 2.45) is 22.0 Å². The van der Waals surface area contributed by atoms with Gasteiger partial charge in [0.15, 0.2) is 5.82 Å². The van der Waals surface area contributed by atoms with E-state index in [1.807, 2.05) is 0 Å². The van der Waals surface area contributed by atoms with Crippen LogP contribution in [-0.2, 0) is 11.4 Å². The van der Waals surface area contributed by atoms with Gasteiger partial charge in [0, 0.05) is 19.3 Å². The van der Waals surface area contributed by atoms with E-state index in [-0.39, 0.29) is 43.0 Å². The van der Waals surface area contributed by atoms with E-state index in [0.717, 1.165) is 12.3 Å². The topological polar surface area (TPSA) is 143 Å². The Labute approximate surface area is 174 Å². The summed E-state index contributed by atoms with van der Waals surface area (Å²) in [6, 6.07) is 0.824. The first kappa shape index (κ1) is 22.0. The Hall–Kier alpha value is -3.70. The number of aryl methyl sites for hydroxylation is 1. The second-order valence-corrected chi connectivity index (χ2v) is 6.84. The highest BCUT2D eigenvalue weighted by Crippen LogP contribution is 2.33. The number of aromatic carboxylic acids is 1. The number of fused-ring (bicyclic) bond motifs is 1. The van der Waals surface area contributed by atoms with Crippen molar-refractivity contribution in [2.45, 2.75) is 20.4 Å². The van der Waals surface area contributed by atoms with Crippen LogP contribution < -0.4 is 16.1 Å². The first-order valence-corrected chi connectivity index (χ1v) is 9.44. The number of carboxylic acids is 1. The molecule has 1 aromatic carbocycles. The third kappa shape index (κ3) is 3.76. The van der Waals surface area contributed by atoms with Crippen LogP contribution in [0.4, 0.5) is 14.5 Å². The lowest BCUT2D eigenvalue weighted by atomic mass is 10.1. The van der Waals surface area contributed by atoms with Crippen molar-refractivity contribution in [1.29, 1.82) is 0 Å². The Morgan fingerprint density at radius 1 is 1.39 bits per heavy atom. The van der Waals surface area contributed by atoms with E-state index in [4.69, 9.17) is 15.8 Å². The van der Waals surface area contributed by atoms with Gasteiger partial charge in [-0.1, -0.05) is 10.3 Å². The van der Waals surface area contributed by atoms with E-state index < -0.39 is 40.2 Å². The van der Waals surface area contributed by atoms with Gasteiger partial charge in [-0.25, -0.2) is 13.6 Å². The molecule has 1 atom stereocenters. The highest BCUT2D eigenvalue weighted by atomic mass is 19.1. The highest BCUT2D eigenvalue weighted by Gasteiger charge is 2.36. The number of carbonyl (C=O) groups is 1. The molecule has 2 heterocycles. The second kappa shape index (κ2) is 8.58. The van der Waals surface area contributed by atoms with Crippen LogP contribution in [0.5, 0.6) is 0 Å². The molecule has 1 aliphatic heterocycles. The number of nitrogens with zero attached hydrogens (tertiary/aromatic N) is 4. The van der Waals surface area contributed by atoms with Crippen LogP contribution in [0.15, 0.2) is 27.4 Å². The van der Waals surface area contributed by atoms with Gasteiger partial charge in [0.1, 0.15) is 29.5 Å². The molecule has 1 aliphatic rings. The quantitative estimate of drug-likeness (QED) is 0.269. The molecule has 1 saturated heterocycles. The largest absolute Gasteiger partial charge is 0.477 e. The number of hydrogen-bond donors (Lipinski definition) is 3. The summed E-state index contributed by atoms with van der Waals surface area (Å²) < 4.78 is 31.8. The number of oxime groups is 2. The summed E-state index contributed by atoms with van der Waals surface area (Å²) in [5.74, 6) is -4.50. The van der Waals surface area contributed by atoms with E-state index in [9.17, 15) is 14.7 Å². The average Bonchev–Trinajstić information content (AvgIpc) is 3.15. The maximum atomic E-state index is 15.6. The van der Waals surface area contributed by atoms with Gasteiger partial charge in [-0.3, -0.25) is 4.79 Å². The summed E-state index contributed by atoms with van der Waals surface area (Å²) in [6.07, 6.45) is 1.03. The molecule has 3 rings (SSSR count). The van der Waals surface area contributed by atoms with E-state index in [0.29, 0.717) is 5.71 Å². The van der Waals surface area contributed by atoms with Crippen LogP contribution in [0.1, 0.15) is 24.2 Å². The van der Waals surface area contributed by atoms with E-state index in [1.54, 1.807) is 13.8 Å². The number of aromatic nitrogens is 1. The molecule has 1 unspecified atom stereocenters. The standard InChI is InChI=1S/C19H21F2N5O5/c1-3-25-7-11(19(28)29)17(27)9-5-12(20)16(14(21)15(9)25)26-6-10(18(22)23-30)13(8-26)24-31-4-2/h5,7,10,30H,3-4,6,8H2,1-2H3,(H2,22,23)(H,28,29)/b24-13+. The average molecular weight is 437 g/mol. The van der Waals surface area contributed by atoms with Crippen LogP contribution in [0, 0.1) is 17.6 Å². The molecule has 1 fully saturated rings. The van der Waals surface area contributed by atoms with Gasteiger partial charge in [-0.15, -0.1) is 0 Å². The third-order valence-corrected chi connectivity index (χ3v) is 5.06. The Balaban J connectivity index is 2.21. The van der Waals surface area contributed by atoms with E-state index >= 15 is 8.78 Å². The van der Waals surface area contributed by atoms with Crippen molar-refractivity contribution in [3.05, 3.63) is 39.7 Å². The van der Waals surface area contributed by atoms with Crippen LogP contribution in [0.3, 0.4) is 0 Å². The molecule has 1 aromatic heterocycles. The van der Waals surface area contributed by atoms with Gasteiger partial charge >= 0.3 is 5.97 Å². The monoisotopic (exact) mass is 437 g/mol. The summed E-state index contributed by atoms with van der Waals surface area (Å²) in [4.78, 5) is 30.2.